The maximum Gasteiger partial charge on any atom is 0.326 e. The molecule has 0 saturated heterocycles. The summed E-state index contributed by atoms with van der Waals surface area (Å²) in [6, 6.07) is -5.43. The molecule has 194 valence electrons. The van der Waals surface area contributed by atoms with E-state index in [0.29, 0.717) is 6.42 Å². The molecule has 0 aromatic rings. The summed E-state index contributed by atoms with van der Waals surface area (Å²) in [5.74, 6) is -6.42. The Morgan fingerprint density at radius 2 is 1.35 bits per heavy atom. The molecule has 14 heteroatoms. The third-order valence-electron chi connectivity index (χ3n) is 5.16. The molecule has 0 heterocycles. The van der Waals surface area contributed by atoms with Crippen molar-refractivity contribution in [2.45, 2.75) is 83.1 Å². The van der Waals surface area contributed by atoms with Gasteiger partial charge < -0.3 is 42.7 Å². The van der Waals surface area contributed by atoms with E-state index < -0.39 is 71.8 Å². The highest BCUT2D eigenvalue weighted by atomic mass is 16.4. The number of aliphatic hydroxyl groups excluding tert-OH is 1. The molecule has 0 aliphatic carbocycles. The summed E-state index contributed by atoms with van der Waals surface area (Å²) >= 11 is 0. The Morgan fingerprint density at radius 3 is 1.79 bits per heavy atom. The number of primary amides is 1. The van der Waals surface area contributed by atoms with Crippen molar-refractivity contribution in [2.24, 2.45) is 17.4 Å². The highest BCUT2D eigenvalue weighted by Gasteiger charge is 2.34. The van der Waals surface area contributed by atoms with Crippen molar-refractivity contribution < 1.29 is 44.1 Å². The van der Waals surface area contributed by atoms with Crippen LogP contribution in [0.25, 0.3) is 0 Å². The monoisotopic (exact) mass is 489 g/mol. The van der Waals surface area contributed by atoms with Crippen molar-refractivity contribution >= 4 is 35.6 Å². The molecular weight excluding hydrogens is 454 g/mol. The van der Waals surface area contributed by atoms with Crippen LogP contribution < -0.4 is 27.4 Å². The first-order chi connectivity index (χ1) is 15.7. The van der Waals surface area contributed by atoms with E-state index in [9.17, 15) is 39.0 Å². The van der Waals surface area contributed by atoms with Crippen LogP contribution in [0.15, 0.2) is 0 Å². The van der Waals surface area contributed by atoms with E-state index in [2.05, 4.69) is 16.0 Å². The Bertz CT molecular complexity index is 759. The van der Waals surface area contributed by atoms with Crippen LogP contribution >= 0.6 is 0 Å². The van der Waals surface area contributed by atoms with Crippen molar-refractivity contribution in [3.05, 3.63) is 0 Å². The molecule has 14 nitrogen and oxygen atoms in total. The zero-order valence-corrected chi connectivity index (χ0v) is 19.4. The number of nitrogens with two attached hydrogens (primary N) is 2. The predicted molar refractivity (Wildman–Crippen MR) is 118 cm³/mol. The molecule has 34 heavy (non-hydrogen) atoms. The molecule has 0 aliphatic rings. The quantitative estimate of drug-likeness (QED) is 0.112. The van der Waals surface area contributed by atoms with Gasteiger partial charge in [0.2, 0.25) is 23.6 Å². The summed E-state index contributed by atoms with van der Waals surface area (Å²) in [6.45, 7) is 4.58. The number of carboxylic acids is 2. The van der Waals surface area contributed by atoms with Crippen LogP contribution in [-0.4, -0.2) is 81.2 Å². The Kier molecular flexibility index (Phi) is 13.4. The van der Waals surface area contributed by atoms with Gasteiger partial charge in [0, 0.05) is 12.8 Å². The topological polar surface area (TPSA) is 251 Å². The molecule has 0 saturated carbocycles. The zero-order chi connectivity index (χ0) is 26.6. The number of hydrogen-bond donors (Lipinski definition) is 8. The van der Waals surface area contributed by atoms with E-state index in [1.807, 2.05) is 0 Å². The zero-order valence-electron chi connectivity index (χ0n) is 19.4. The summed E-state index contributed by atoms with van der Waals surface area (Å²) in [5, 5.41) is 34.9. The summed E-state index contributed by atoms with van der Waals surface area (Å²) in [5.41, 5.74) is 10.7. The number of rotatable bonds is 16. The van der Waals surface area contributed by atoms with Gasteiger partial charge in [0.05, 0.1) is 12.1 Å². The number of carboxylic acid groups (broad SMARTS) is 2. The second kappa shape index (κ2) is 14.8. The number of carbonyl (C=O) groups is 6. The van der Waals surface area contributed by atoms with Gasteiger partial charge in [-0.05, 0) is 25.7 Å². The van der Waals surface area contributed by atoms with E-state index in [4.69, 9.17) is 16.6 Å². The predicted octanol–water partition coefficient (Wildman–Crippen LogP) is -2.59. The minimum absolute atomic E-state index is 0.199. The highest BCUT2D eigenvalue weighted by molar-refractivity contribution is 5.94. The normalized spacial score (nSPS) is 16.1. The lowest BCUT2D eigenvalue weighted by Crippen LogP contribution is -2.61. The fourth-order valence-corrected chi connectivity index (χ4v) is 2.83. The third-order valence-corrected chi connectivity index (χ3v) is 5.16. The summed E-state index contributed by atoms with van der Waals surface area (Å²) < 4.78 is 0. The lowest BCUT2D eigenvalue weighted by atomic mass is 9.96. The van der Waals surface area contributed by atoms with Gasteiger partial charge in [0.25, 0.3) is 0 Å². The van der Waals surface area contributed by atoms with Crippen molar-refractivity contribution in [2.75, 3.05) is 0 Å². The molecule has 6 atom stereocenters. The first kappa shape index (κ1) is 30.7. The molecule has 10 N–H and O–H groups in total. The fourth-order valence-electron chi connectivity index (χ4n) is 2.83. The van der Waals surface area contributed by atoms with Crippen LogP contribution in [-0.2, 0) is 28.8 Å². The lowest BCUT2D eigenvalue weighted by Gasteiger charge is -2.29. The van der Waals surface area contributed by atoms with E-state index in [-0.39, 0.29) is 25.7 Å². The van der Waals surface area contributed by atoms with Crippen LogP contribution in [0.5, 0.6) is 0 Å². The molecule has 0 rings (SSSR count). The van der Waals surface area contributed by atoms with Crippen molar-refractivity contribution in [1.82, 2.24) is 16.0 Å². The number of nitrogens with one attached hydrogen (secondary N) is 3. The minimum Gasteiger partial charge on any atom is -0.481 e. The summed E-state index contributed by atoms with van der Waals surface area (Å²) in [6.07, 6.45) is -2.11. The van der Waals surface area contributed by atoms with Crippen LogP contribution in [0, 0.1) is 5.92 Å². The summed E-state index contributed by atoms with van der Waals surface area (Å²) in [7, 11) is 0. The van der Waals surface area contributed by atoms with E-state index in [1.54, 1.807) is 13.8 Å². The Balaban J connectivity index is 5.46. The Morgan fingerprint density at radius 1 is 0.824 bits per heavy atom. The van der Waals surface area contributed by atoms with Gasteiger partial charge in [-0.2, -0.15) is 0 Å². The van der Waals surface area contributed by atoms with Crippen LogP contribution in [0.2, 0.25) is 0 Å². The number of aliphatic hydroxyl groups is 1. The van der Waals surface area contributed by atoms with Gasteiger partial charge in [-0.3, -0.25) is 24.0 Å². The molecule has 0 fully saturated rings. The molecule has 0 aromatic carbocycles. The van der Waals surface area contributed by atoms with Gasteiger partial charge in [-0.15, -0.1) is 0 Å². The second-order valence-electron chi connectivity index (χ2n) is 8.04. The molecule has 0 aromatic heterocycles. The van der Waals surface area contributed by atoms with E-state index >= 15 is 0 Å². The lowest BCUT2D eigenvalue weighted by molar-refractivity contribution is -0.143. The second-order valence-corrected chi connectivity index (χ2v) is 8.04. The van der Waals surface area contributed by atoms with Crippen LogP contribution in [0.1, 0.15) is 52.9 Å². The largest absolute Gasteiger partial charge is 0.481 e. The molecule has 4 amide bonds. The molecule has 0 spiro atoms. The number of hydrogen-bond acceptors (Lipinski definition) is 8. The standard InChI is InChI=1S/C20H35N5O9/c1-4-9(2)15(18(31)23-12(20(33)34)6-7-13(22)27)24-19(32)16(10(3)26)25-17(30)11(21)5-8-14(28)29/h9-12,15-16,26H,4-8,21H2,1-3H3,(H2,22,27)(H,23,31)(H,24,32)(H,25,30)(H,28,29)(H,33,34). The van der Waals surface area contributed by atoms with Crippen molar-refractivity contribution in [1.29, 1.82) is 0 Å². The van der Waals surface area contributed by atoms with Crippen LogP contribution in [0.3, 0.4) is 0 Å². The van der Waals surface area contributed by atoms with Crippen molar-refractivity contribution in [3.8, 4) is 0 Å². The third kappa shape index (κ3) is 11.0. The van der Waals surface area contributed by atoms with E-state index in [1.165, 1.54) is 6.92 Å². The molecular formula is C20H35N5O9. The molecule has 0 radical (unpaired) electrons. The number of amides is 4. The van der Waals surface area contributed by atoms with Gasteiger partial charge in [0.15, 0.2) is 0 Å². The Hall–Kier alpha value is -3.26. The number of aliphatic carboxylic acids is 2. The summed E-state index contributed by atoms with van der Waals surface area (Å²) in [4.78, 5) is 70.8. The average Bonchev–Trinajstić information content (AvgIpc) is 2.74. The molecule has 0 bridgehead atoms. The molecule has 6 unspecified atom stereocenters. The fraction of sp³-hybridized carbons (Fsp3) is 0.700. The van der Waals surface area contributed by atoms with Gasteiger partial charge >= 0.3 is 11.9 Å². The Labute approximate surface area is 196 Å². The van der Waals surface area contributed by atoms with Crippen molar-refractivity contribution in [3.63, 3.8) is 0 Å². The maximum absolute atomic E-state index is 12.8. The molecule has 0 aliphatic heterocycles. The number of carbonyl (C=O) groups excluding carboxylic acids is 4. The van der Waals surface area contributed by atoms with Gasteiger partial charge in [-0.25, -0.2) is 4.79 Å². The minimum atomic E-state index is -1.52. The van der Waals surface area contributed by atoms with Crippen LogP contribution in [0.4, 0.5) is 0 Å². The van der Waals surface area contributed by atoms with Gasteiger partial charge in [-0.1, -0.05) is 20.3 Å². The highest BCUT2D eigenvalue weighted by Crippen LogP contribution is 2.10. The van der Waals surface area contributed by atoms with Gasteiger partial charge in [0.1, 0.15) is 18.1 Å². The van der Waals surface area contributed by atoms with E-state index in [0.717, 1.165) is 0 Å². The first-order valence-corrected chi connectivity index (χ1v) is 10.8. The SMILES string of the molecule is CCC(C)C(NC(=O)C(NC(=O)C(N)CCC(=O)O)C(C)O)C(=O)NC(CCC(N)=O)C(=O)O. The smallest absolute Gasteiger partial charge is 0.326 e. The maximum atomic E-state index is 12.8. The first-order valence-electron chi connectivity index (χ1n) is 10.8. The average molecular weight is 490 g/mol.